The molecule has 2 heteroatoms. The first-order valence-electron chi connectivity index (χ1n) is 4.69. The molecule has 0 saturated carbocycles. The largest absolute Gasteiger partial charge is 0.395 e. The summed E-state index contributed by atoms with van der Waals surface area (Å²) in [7, 11) is 2.00. The normalized spacial score (nSPS) is 10.1. The van der Waals surface area contributed by atoms with Crippen LogP contribution in [0, 0.1) is 0 Å². The summed E-state index contributed by atoms with van der Waals surface area (Å²) in [4.78, 5) is 2.08. The van der Waals surface area contributed by atoms with Crippen LogP contribution in [-0.4, -0.2) is 25.3 Å². The van der Waals surface area contributed by atoms with Crippen molar-refractivity contribution in [2.45, 2.75) is 13.3 Å². The van der Waals surface area contributed by atoms with Crippen molar-refractivity contribution in [2.24, 2.45) is 0 Å². The van der Waals surface area contributed by atoms with Gasteiger partial charge in [-0.3, -0.25) is 0 Å². The summed E-state index contributed by atoms with van der Waals surface area (Å²) in [5.41, 5.74) is 2.55. The second-order valence-corrected chi connectivity index (χ2v) is 3.13. The van der Waals surface area contributed by atoms with Crippen molar-refractivity contribution in [2.75, 3.05) is 25.1 Å². The van der Waals surface area contributed by atoms with E-state index in [0.29, 0.717) is 6.54 Å². The Morgan fingerprint density at radius 3 is 2.62 bits per heavy atom. The van der Waals surface area contributed by atoms with Gasteiger partial charge in [-0.1, -0.05) is 25.1 Å². The molecule has 1 aromatic rings. The maximum atomic E-state index is 8.82. The lowest BCUT2D eigenvalue weighted by molar-refractivity contribution is 0.304. The molecule has 1 N–H and O–H groups in total. The second-order valence-electron chi connectivity index (χ2n) is 3.13. The van der Waals surface area contributed by atoms with Gasteiger partial charge in [-0.2, -0.15) is 0 Å². The van der Waals surface area contributed by atoms with Crippen molar-refractivity contribution in [3.63, 3.8) is 0 Å². The fraction of sp³-hybridized carbons (Fsp3) is 0.455. The monoisotopic (exact) mass is 179 g/mol. The molecule has 0 aliphatic heterocycles. The molecule has 0 aliphatic rings. The Kier molecular flexibility index (Phi) is 3.77. The van der Waals surface area contributed by atoms with Gasteiger partial charge in [0.15, 0.2) is 0 Å². The molecule has 0 heterocycles. The highest BCUT2D eigenvalue weighted by Gasteiger charge is 2.03. The van der Waals surface area contributed by atoms with Crippen LogP contribution in [0.4, 0.5) is 5.69 Å². The Morgan fingerprint density at radius 2 is 2.00 bits per heavy atom. The van der Waals surface area contributed by atoms with Gasteiger partial charge in [0.1, 0.15) is 0 Å². The van der Waals surface area contributed by atoms with E-state index < -0.39 is 0 Å². The molecule has 0 amide bonds. The molecule has 0 aliphatic carbocycles. The van der Waals surface area contributed by atoms with Crippen LogP contribution in [0.25, 0.3) is 0 Å². The molecule has 0 spiro atoms. The van der Waals surface area contributed by atoms with Gasteiger partial charge in [0, 0.05) is 19.3 Å². The lowest BCUT2D eigenvalue weighted by atomic mass is 10.1. The Bertz CT molecular complexity index is 260. The number of benzene rings is 1. The van der Waals surface area contributed by atoms with Gasteiger partial charge >= 0.3 is 0 Å². The number of aliphatic hydroxyl groups is 1. The zero-order chi connectivity index (χ0) is 9.68. The SMILES string of the molecule is CCc1ccccc1N(C)CCO. The van der Waals surface area contributed by atoms with Crippen LogP contribution in [-0.2, 0) is 6.42 Å². The minimum atomic E-state index is 0.203. The number of para-hydroxylation sites is 1. The molecule has 0 atom stereocenters. The number of anilines is 1. The van der Waals surface area contributed by atoms with Crippen LogP contribution in [0.1, 0.15) is 12.5 Å². The molecule has 2 nitrogen and oxygen atoms in total. The van der Waals surface area contributed by atoms with E-state index in [1.54, 1.807) is 0 Å². The van der Waals surface area contributed by atoms with Crippen LogP contribution in [0.2, 0.25) is 0 Å². The predicted molar refractivity (Wildman–Crippen MR) is 56.2 cm³/mol. The molecule has 0 fully saturated rings. The molecule has 0 unspecified atom stereocenters. The Labute approximate surface area is 79.8 Å². The average molecular weight is 179 g/mol. The predicted octanol–water partition coefficient (Wildman–Crippen LogP) is 1.68. The maximum absolute atomic E-state index is 8.82. The minimum Gasteiger partial charge on any atom is -0.395 e. The molecule has 13 heavy (non-hydrogen) atoms. The quantitative estimate of drug-likeness (QED) is 0.760. The van der Waals surface area contributed by atoms with Crippen LogP contribution in [0.5, 0.6) is 0 Å². The van der Waals surface area contributed by atoms with E-state index in [4.69, 9.17) is 5.11 Å². The van der Waals surface area contributed by atoms with E-state index in [1.807, 2.05) is 13.1 Å². The molecule has 1 rings (SSSR count). The van der Waals surface area contributed by atoms with Gasteiger partial charge in [0.05, 0.1) is 6.61 Å². The van der Waals surface area contributed by atoms with Crippen LogP contribution in [0.15, 0.2) is 24.3 Å². The van der Waals surface area contributed by atoms with Crippen molar-refractivity contribution in [3.8, 4) is 0 Å². The van der Waals surface area contributed by atoms with Crippen molar-refractivity contribution in [3.05, 3.63) is 29.8 Å². The highest BCUT2D eigenvalue weighted by molar-refractivity contribution is 5.52. The number of aryl methyl sites for hydroxylation is 1. The van der Waals surface area contributed by atoms with Gasteiger partial charge in [-0.05, 0) is 18.1 Å². The Hall–Kier alpha value is -1.02. The van der Waals surface area contributed by atoms with Crippen LogP contribution in [0.3, 0.4) is 0 Å². The number of aliphatic hydroxyl groups excluding tert-OH is 1. The lowest BCUT2D eigenvalue weighted by Gasteiger charge is -2.20. The molecule has 72 valence electrons. The van der Waals surface area contributed by atoms with Gasteiger partial charge in [-0.15, -0.1) is 0 Å². The molecule has 0 saturated heterocycles. The second kappa shape index (κ2) is 4.87. The third-order valence-corrected chi connectivity index (χ3v) is 2.22. The van der Waals surface area contributed by atoms with E-state index in [0.717, 1.165) is 6.42 Å². The fourth-order valence-corrected chi connectivity index (χ4v) is 1.45. The number of rotatable bonds is 4. The van der Waals surface area contributed by atoms with E-state index >= 15 is 0 Å². The van der Waals surface area contributed by atoms with Crippen LogP contribution < -0.4 is 4.90 Å². The van der Waals surface area contributed by atoms with E-state index in [9.17, 15) is 0 Å². The summed E-state index contributed by atoms with van der Waals surface area (Å²) in [6.45, 7) is 3.04. The van der Waals surface area contributed by atoms with Crippen molar-refractivity contribution in [1.29, 1.82) is 0 Å². The van der Waals surface area contributed by atoms with Gasteiger partial charge in [-0.25, -0.2) is 0 Å². The number of hydrogen-bond donors (Lipinski definition) is 1. The first-order chi connectivity index (χ1) is 6.29. The maximum Gasteiger partial charge on any atom is 0.0606 e. The third kappa shape index (κ3) is 2.46. The standard InChI is InChI=1S/C11H17NO/c1-3-10-6-4-5-7-11(10)12(2)8-9-13/h4-7,13H,3,8-9H2,1-2H3. The molecule has 0 bridgehead atoms. The first kappa shape index (κ1) is 10.1. The fourth-order valence-electron chi connectivity index (χ4n) is 1.45. The Balaban J connectivity index is 2.85. The molecule has 0 aromatic heterocycles. The lowest BCUT2D eigenvalue weighted by Crippen LogP contribution is -2.22. The van der Waals surface area contributed by atoms with Crippen molar-refractivity contribution >= 4 is 5.69 Å². The molecule has 0 radical (unpaired) electrons. The molecular weight excluding hydrogens is 162 g/mol. The summed E-state index contributed by atoms with van der Waals surface area (Å²) < 4.78 is 0. The van der Waals surface area contributed by atoms with E-state index in [1.165, 1.54) is 11.3 Å². The smallest absolute Gasteiger partial charge is 0.0606 e. The first-order valence-corrected chi connectivity index (χ1v) is 4.69. The van der Waals surface area contributed by atoms with Gasteiger partial charge < -0.3 is 10.0 Å². The molecular formula is C11H17NO. The Morgan fingerprint density at radius 1 is 1.31 bits per heavy atom. The summed E-state index contributed by atoms with van der Waals surface area (Å²) in [6.07, 6.45) is 1.03. The highest BCUT2D eigenvalue weighted by Crippen LogP contribution is 2.18. The summed E-state index contributed by atoms with van der Waals surface area (Å²) in [6, 6.07) is 8.30. The third-order valence-electron chi connectivity index (χ3n) is 2.22. The van der Waals surface area contributed by atoms with E-state index in [2.05, 4.69) is 30.0 Å². The number of hydrogen-bond acceptors (Lipinski definition) is 2. The van der Waals surface area contributed by atoms with Gasteiger partial charge in [0.25, 0.3) is 0 Å². The zero-order valence-corrected chi connectivity index (χ0v) is 8.33. The highest BCUT2D eigenvalue weighted by atomic mass is 16.3. The zero-order valence-electron chi connectivity index (χ0n) is 8.33. The van der Waals surface area contributed by atoms with Crippen LogP contribution >= 0.6 is 0 Å². The van der Waals surface area contributed by atoms with Crippen molar-refractivity contribution < 1.29 is 5.11 Å². The average Bonchev–Trinajstić information content (AvgIpc) is 2.18. The van der Waals surface area contributed by atoms with Crippen molar-refractivity contribution in [1.82, 2.24) is 0 Å². The molecule has 1 aromatic carbocycles. The van der Waals surface area contributed by atoms with E-state index in [-0.39, 0.29) is 6.61 Å². The summed E-state index contributed by atoms with van der Waals surface area (Å²) in [5, 5.41) is 8.82. The number of likely N-dealkylation sites (N-methyl/N-ethyl adjacent to an activating group) is 1. The van der Waals surface area contributed by atoms with Gasteiger partial charge in [0.2, 0.25) is 0 Å². The summed E-state index contributed by atoms with van der Waals surface area (Å²) >= 11 is 0. The topological polar surface area (TPSA) is 23.5 Å². The summed E-state index contributed by atoms with van der Waals surface area (Å²) in [5.74, 6) is 0. The minimum absolute atomic E-state index is 0.203. The number of nitrogens with zero attached hydrogens (tertiary/aromatic N) is 1.